The molecule has 0 saturated heterocycles. The lowest BCUT2D eigenvalue weighted by molar-refractivity contribution is -0.729. The van der Waals surface area contributed by atoms with Crippen molar-refractivity contribution in [2.45, 2.75) is 32.6 Å². The van der Waals surface area contributed by atoms with Gasteiger partial charge < -0.3 is 10.6 Å². The van der Waals surface area contributed by atoms with Crippen molar-refractivity contribution in [2.24, 2.45) is 0 Å². The average molecular weight is 437 g/mol. The molecule has 0 saturated carbocycles. The van der Waals surface area contributed by atoms with E-state index in [1.54, 1.807) is 0 Å². The number of carbonyl (C=O) groups is 2. The Bertz CT molecular complexity index is 1170. The molecular formula is C23H22N3O4S+. The second kappa shape index (κ2) is 8.69. The summed E-state index contributed by atoms with van der Waals surface area (Å²) in [7, 11) is 0. The lowest BCUT2D eigenvalue weighted by atomic mass is 9.95. The highest BCUT2D eigenvalue weighted by Gasteiger charge is 2.27. The van der Waals surface area contributed by atoms with Crippen LogP contribution in [-0.4, -0.2) is 21.9 Å². The van der Waals surface area contributed by atoms with Crippen molar-refractivity contribution >= 4 is 39.5 Å². The van der Waals surface area contributed by atoms with E-state index in [0.717, 1.165) is 41.7 Å². The number of benzene rings is 2. The van der Waals surface area contributed by atoms with E-state index in [1.165, 1.54) is 35.6 Å². The average Bonchev–Trinajstić information content (AvgIpc) is 3.11. The molecule has 2 amide bonds. The largest absolute Gasteiger partial charge is 0.322 e. The second-order valence-corrected chi connectivity index (χ2v) is 8.62. The SMILES string of the molecule is Cc1cccc(NC(=O)c2c(NC(=O)c3ccc([N+](=O)O)cc3)sc3c2CCCC3)c1. The first-order chi connectivity index (χ1) is 14.9. The van der Waals surface area contributed by atoms with E-state index < -0.39 is 0 Å². The molecule has 0 aliphatic heterocycles. The first kappa shape index (κ1) is 20.7. The minimum absolute atomic E-state index is 0.0290. The fourth-order valence-corrected chi connectivity index (χ4v) is 5.01. The van der Waals surface area contributed by atoms with Gasteiger partial charge >= 0.3 is 5.69 Å². The summed E-state index contributed by atoms with van der Waals surface area (Å²) in [5.74, 6) is -0.622. The Kier molecular flexibility index (Phi) is 5.81. The molecule has 0 radical (unpaired) electrons. The van der Waals surface area contributed by atoms with Crippen molar-refractivity contribution in [3.63, 3.8) is 0 Å². The fraction of sp³-hybridized carbons (Fsp3) is 0.217. The molecular weight excluding hydrogens is 414 g/mol. The zero-order valence-electron chi connectivity index (χ0n) is 17.0. The quantitative estimate of drug-likeness (QED) is 0.476. The maximum absolute atomic E-state index is 13.2. The van der Waals surface area contributed by atoms with Gasteiger partial charge in [0.15, 0.2) is 0 Å². The number of carbonyl (C=O) groups excluding carboxylic acids is 2. The van der Waals surface area contributed by atoms with Crippen molar-refractivity contribution in [1.82, 2.24) is 0 Å². The molecule has 3 aromatic rings. The van der Waals surface area contributed by atoms with Gasteiger partial charge in [-0.25, -0.2) is 5.21 Å². The molecule has 31 heavy (non-hydrogen) atoms. The van der Waals surface area contributed by atoms with Crippen LogP contribution in [0.3, 0.4) is 0 Å². The Morgan fingerprint density at radius 2 is 1.74 bits per heavy atom. The third-order valence-electron chi connectivity index (χ3n) is 5.25. The number of aryl methyl sites for hydroxylation is 2. The Balaban J connectivity index is 1.62. The Morgan fingerprint density at radius 1 is 1.00 bits per heavy atom. The van der Waals surface area contributed by atoms with Gasteiger partial charge in [0.05, 0.1) is 10.5 Å². The van der Waals surface area contributed by atoms with Gasteiger partial charge in [0, 0.05) is 28.3 Å². The predicted octanol–water partition coefficient (Wildman–Crippen LogP) is 5.24. The van der Waals surface area contributed by atoms with Crippen molar-refractivity contribution in [3.8, 4) is 0 Å². The molecule has 0 spiro atoms. The number of nitrogens with one attached hydrogen (secondary N) is 2. The number of anilines is 2. The maximum atomic E-state index is 13.2. The molecule has 0 bridgehead atoms. The highest BCUT2D eigenvalue weighted by atomic mass is 32.1. The summed E-state index contributed by atoms with van der Waals surface area (Å²) in [5.41, 5.74) is 3.63. The van der Waals surface area contributed by atoms with Crippen molar-refractivity contribution in [1.29, 1.82) is 0 Å². The van der Waals surface area contributed by atoms with E-state index >= 15 is 0 Å². The summed E-state index contributed by atoms with van der Waals surface area (Å²) in [5, 5.41) is 15.3. The lowest BCUT2D eigenvalue weighted by Crippen LogP contribution is -2.18. The van der Waals surface area contributed by atoms with Gasteiger partial charge in [-0.15, -0.1) is 11.3 Å². The van der Waals surface area contributed by atoms with Gasteiger partial charge in [-0.05, 0) is 68.0 Å². The van der Waals surface area contributed by atoms with E-state index in [-0.39, 0.29) is 22.4 Å². The summed E-state index contributed by atoms with van der Waals surface area (Å²) in [6.45, 7) is 1.96. The smallest absolute Gasteiger partial charge is 0.316 e. The molecule has 1 aliphatic rings. The maximum Gasteiger partial charge on any atom is 0.316 e. The standard InChI is InChI=1S/C23H21N3O4S/c1-14-5-4-6-16(13-14)24-22(28)20-18-7-2-3-8-19(18)31-23(20)25-21(27)15-9-11-17(12-10-15)26(29)30/h4-6,9-13H,2-3,7-8H2,1H3,(H2-,24,25,27,28,29,30)/p+1. The molecule has 7 nitrogen and oxygen atoms in total. The number of amides is 2. The summed E-state index contributed by atoms with van der Waals surface area (Å²) in [6, 6.07) is 13.2. The van der Waals surface area contributed by atoms with Gasteiger partial charge in [0.2, 0.25) is 0 Å². The van der Waals surface area contributed by atoms with Crippen LogP contribution < -0.4 is 10.6 Å². The monoisotopic (exact) mass is 436 g/mol. The van der Waals surface area contributed by atoms with Gasteiger partial charge in [-0.3, -0.25) is 9.59 Å². The van der Waals surface area contributed by atoms with Crippen molar-refractivity contribution < 1.29 is 19.7 Å². The highest BCUT2D eigenvalue weighted by Crippen LogP contribution is 2.38. The number of nitrogens with zero attached hydrogens (tertiary/aromatic N) is 1. The van der Waals surface area contributed by atoms with Crippen molar-refractivity contribution in [3.05, 3.63) is 80.6 Å². The van der Waals surface area contributed by atoms with Crippen LogP contribution in [0.25, 0.3) is 0 Å². The van der Waals surface area contributed by atoms with Gasteiger partial charge in [-0.2, -0.15) is 0 Å². The van der Waals surface area contributed by atoms with Crippen LogP contribution >= 0.6 is 11.3 Å². The van der Waals surface area contributed by atoms with E-state index in [4.69, 9.17) is 5.21 Å². The molecule has 3 N–H and O–H groups in total. The summed E-state index contributed by atoms with van der Waals surface area (Å²) in [6.07, 6.45) is 3.78. The summed E-state index contributed by atoms with van der Waals surface area (Å²) in [4.78, 5) is 37.8. The predicted molar refractivity (Wildman–Crippen MR) is 120 cm³/mol. The first-order valence-corrected chi connectivity index (χ1v) is 10.8. The Morgan fingerprint density at radius 3 is 2.45 bits per heavy atom. The van der Waals surface area contributed by atoms with Crippen LogP contribution in [0.15, 0.2) is 48.5 Å². The van der Waals surface area contributed by atoms with Crippen molar-refractivity contribution in [2.75, 3.05) is 10.6 Å². The first-order valence-electron chi connectivity index (χ1n) is 10.0. The van der Waals surface area contributed by atoms with E-state index in [9.17, 15) is 14.5 Å². The zero-order valence-corrected chi connectivity index (χ0v) is 17.8. The summed E-state index contributed by atoms with van der Waals surface area (Å²) >= 11 is 1.44. The number of hydrogen-bond donors (Lipinski definition) is 3. The van der Waals surface area contributed by atoms with Crippen LogP contribution in [0.5, 0.6) is 0 Å². The molecule has 1 aliphatic carbocycles. The molecule has 4 rings (SSSR count). The third-order valence-corrected chi connectivity index (χ3v) is 6.46. The number of fused-ring (bicyclic) bond motifs is 1. The fourth-order valence-electron chi connectivity index (χ4n) is 3.73. The minimum Gasteiger partial charge on any atom is -0.322 e. The molecule has 2 aromatic carbocycles. The normalized spacial score (nSPS) is 12.7. The molecule has 1 heterocycles. The molecule has 0 fully saturated rings. The van der Waals surface area contributed by atoms with E-state index in [0.29, 0.717) is 21.8 Å². The lowest BCUT2D eigenvalue weighted by Gasteiger charge is -2.13. The topological polar surface area (TPSA) is 98.5 Å². The Hall–Kier alpha value is -3.52. The Labute approximate surface area is 183 Å². The van der Waals surface area contributed by atoms with Crippen LogP contribution in [0.1, 0.15) is 49.6 Å². The van der Waals surface area contributed by atoms with Crippen LogP contribution in [0.2, 0.25) is 0 Å². The van der Waals surface area contributed by atoms with Gasteiger partial charge in [0.25, 0.3) is 16.7 Å². The number of rotatable bonds is 5. The highest BCUT2D eigenvalue weighted by molar-refractivity contribution is 7.17. The number of hydrogen-bond acceptors (Lipinski definition) is 4. The van der Waals surface area contributed by atoms with Crippen LogP contribution in [-0.2, 0) is 12.8 Å². The number of thiophene rings is 1. The summed E-state index contributed by atoms with van der Waals surface area (Å²) < 4.78 is 0. The molecule has 158 valence electrons. The van der Waals surface area contributed by atoms with Crippen LogP contribution in [0, 0.1) is 11.8 Å². The molecule has 0 atom stereocenters. The van der Waals surface area contributed by atoms with Gasteiger partial charge in [-0.1, -0.05) is 12.1 Å². The van der Waals surface area contributed by atoms with E-state index in [2.05, 4.69) is 10.6 Å². The van der Waals surface area contributed by atoms with E-state index in [1.807, 2.05) is 31.2 Å². The molecule has 1 aromatic heterocycles. The zero-order chi connectivity index (χ0) is 22.0. The molecule has 0 unspecified atom stereocenters. The third kappa shape index (κ3) is 4.49. The molecule has 8 heteroatoms. The second-order valence-electron chi connectivity index (χ2n) is 7.51. The van der Waals surface area contributed by atoms with Gasteiger partial charge in [0.1, 0.15) is 5.00 Å². The van der Waals surface area contributed by atoms with Crippen LogP contribution in [0.4, 0.5) is 16.4 Å². The minimum atomic E-state index is -0.384.